The summed E-state index contributed by atoms with van der Waals surface area (Å²) in [4.78, 5) is 0. The molecule has 19 heavy (non-hydrogen) atoms. The molecule has 1 fully saturated rings. The lowest BCUT2D eigenvalue weighted by atomic mass is 9.96. The van der Waals surface area contributed by atoms with E-state index >= 15 is 0 Å². The molecule has 1 aliphatic carbocycles. The van der Waals surface area contributed by atoms with E-state index in [0.717, 1.165) is 32.1 Å². The van der Waals surface area contributed by atoms with Crippen molar-refractivity contribution in [2.75, 3.05) is 5.32 Å². The summed E-state index contributed by atoms with van der Waals surface area (Å²) in [6.45, 7) is 1.53. The highest BCUT2D eigenvalue weighted by Crippen LogP contribution is 2.27. The summed E-state index contributed by atoms with van der Waals surface area (Å²) >= 11 is 0. The van der Waals surface area contributed by atoms with Crippen LogP contribution in [0.2, 0.25) is 0 Å². The van der Waals surface area contributed by atoms with Gasteiger partial charge in [-0.05, 0) is 31.4 Å². The van der Waals surface area contributed by atoms with Gasteiger partial charge in [-0.25, -0.2) is 8.78 Å². The number of nitrogens with one attached hydrogen (secondary N) is 1. The monoisotopic (exact) mass is 264 g/mol. The zero-order valence-electron chi connectivity index (χ0n) is 11.0. The second kappa shape index (κ2) is 6.01. The van der Waals surface area contributed by atoms with E-state index in [1.165, 1.54) is 19.1 Å². The highest BCUT2D eigenvalue weighted by atomic mass is 19.1. The van der Waals surface area contributed by atoms with Crippen LogP contribution >= 0.6 is 0 Å². The molecule has 1 saturated carbocycles. The van der Waals surface area contributed by atoms with E-state index in [-0.39, 0.29) is 17.6 Å². The van der Waals surface area contributed by atoms with Crippen LogP contribution in [0.5, 0.6) is 0 Å². The number of rotatable bonds is 2. The smallest absolute Gasteiger partial charge is 0.146 e. The van der Waals surface area contributed by atoms with Gasteiger partial charge in [-0.15, -0.1) is 0 Å². The summed E-state index contributed by atoms with van der Waals surface area (Å²) in [5.41, 5.74) is 0.455. The van der Waals surface area contributed by atoms with Gasteiger partial charge in [0.1, 0.15) is 11.6 Å². The molecule has 1 aromatic rings. The molecule has 1 N–H and O–H groups in total. The molecule has 0 heterocycles. The number of hydrogen-bond donors (Lipinski definition) is 1. The molecule has 102 valence electrons. The molecular weight excluding hydrogens is 246 g/mol. The van der Waals surface area contributed by atoms with Gasteiger partial charge in [0.2, 0.25) is 0 Å². The molecule has 0 radical (unpaired) electrons. The molecule has 1 aliphatic rings. The lowest BCUT2D eigenvalue weighted by molar-refractivity contribution is 0.508. The van der Waals surface area contributed by atoms with E-state index < -0.39 is 11.6 Å². The number of nitriles is 1. The number of hydrogen-bond acceptors (Lipinski definition) is 2. The number of nitrogens with zero attached hydrogens (tertiary/aromatic N) is 1. The van der Waals surface area contributed by atoms with Gasteiger partial charge in [-0.3, -0.25) is 0 Å². The van der Waals surface area contributed by atoms with Crippen molar-refractivity contribution in [3.05, 3.63) is 29.3 Å². The molecule has 2 rings (SSSR count). The lowest BCUT2D eigenvalue weighted by Gasteiger charge is -2.22. The van der Waals surface area contributed by atoms with Crippen molar-refractivity contribution < 1.29 is 8.78 Å². The van der Waals surface area contributed by atoms with Crippen LogP contribution in [0.3, 0.4) is 0 Å². The standard InChI is InChI=1S/C15H18F2N2/c1-10-7-13(17)15(8-12(10)16)19-14-6-4-2-3-5-11(14)9-18/h7-8,11,14,19H,2-6H2,1H3. The first-order valence-corrected chi connectivity index (χ1v) is 6.73. The Kier molecular flexibility index (Phi) is 4.36. The van der Waals surface area contributed by atoms with Gasteiger partial charge in [-0.1, -0.05) is 19.3 Å². The van der Waals surface area contributed by atoms with Crippen LogP contribution in [0.1, 0.15) is 37.7 Å². The quantitative estimate of drug-likeness (QED) is 0.814. The van der Waals surface area contributed by atoms with E-state index in [0.29, 0.717) is 5.56 Å². The Morgan fingerprint density at radius 1 is 1.16 bits per heavy atom. The van der Waals surface area contributed by atoms with Crippen LogP contribution < -0.4 is 5.32 Å². The van der Waals surface area contributed by atoms with Crippen molar-refractivity contribution in [1.29, 1.82) is 5.26 Å². The zero-order chi connectivity index (χ0) is 13.8. The molecule has 2 unspecified atom stereocenters. The summed E-state index contributed by atoms with van der Waals surface area (Å²) < 4.78 is 27.3. The van der Waals surface area contributed by atoms with E-state index in [1.807, 2.05) is 0 Å². The van der Waals surface area contributed by atoms with Gasteiger partial charge in [0, 0.05) is 12.1 Å². The predicted octanol–water partition coefficient (Wildman–Crippen LogP) is 4.16. The number of halogens is 2. The van der Waals surface area contributed by atoms with Crippen molar-refractivity contribution in [3.8, 4) is 6.07 Å². The van der Waals surface area contributed by atoms with Crippen LogP contribution in [0.4, 0.5) is 14.5 Å². The number of benzene rings is 1. The minimum absolute atomic E-state index is 0.0934. The fourth-order valence-corrected chi connectivity index (χ4v) is 2.59. The third-order valence-corrected chi connectivity index (χ3v) is 3.77. The first kappa shape index (κ1) is 13.8. The van der Waals surface area contributed by atoms with Gasteiger partial charge in [0.15, 0.2) is 0 Å². The maximum Gasteiger partial charge on any atom is 0.146 e. The highest BCUT2D eigenvalue weighted by molar-refractivity contribution is 5.48. The summed E-state index contributed by atoms with van der Waals surface area (Å²) in [6, 6.07) is 4.56. The molecule has 0 aliphatic heterocycles. The van der Waals surface area contributed by atoms with E-state index in [9.17, 15) is 14.0 Å². The van der Waals surface area contributed by atoms with Crippen LogP contribution in [-0.2, 0) is 0 Å². The normalized spacial score (nSPS) is 23.5. The molecule has 2 nitrogen and oxygen atoms in total. The maximum atomic E-state index is 13.8. The van der Waals surface area contributed by atoms with Crippen LogP contribution in [0.15, 0.2) is 12.1 Å². The molecule has 4 heteroatoms. The van der Waals surface area contributed by atoms with Crippen molar-refractivity contribution >= 4 is 5.69 Å². The summed E-state index contributed by atoms with van der Waals surface area (Å²) in [7, 11) is 0. The Morgan fingerprint density at radius 3 is 2.63 bits per heavy atom. The van der Waals surface area contributed by atoms with Crippen molar-refractivity contribution in [2.45, 2.75) is 45.1 Å². The fourth-order valence-electron chi connectivity index (χ4n) is 2.59. The first-order chi connectivity index (χ1) is 9.11. The SMILES string of the molecule is Cc1cc(F)c(NC2CCCCCC2C#N)cc1F. The minimum Gasteiger partial charge on any atom is -0.379 e. The Morgan fingerprint density at radius 2 is 1.89 bits per heavy atom. The average Bonchev–Trinajstić information content (AvgIpc) is 2.61. The second-order valence-electron chi connectivity index (χ2n) is 5.21. The molecule has 0 amide bonds. The lowest BCUT2D eigenvalue weighted by Crippen LogP contribution is -2.27. The fraction of sp³-hybridized carbons (Fsp3) is 0.533. The van der Waals surface area contributed by atoms with Gasteiger partial charge in [0.05, 0.1) is 17.7 Å². The molecule has 0 aromatic heterocycles. The summed E-state index contributed by atoms with van der Waals surface area (Å²) in [5, 5.41) is 12.2. The first-order valence-electron chi connectivity index (χ1n) is 6.73. The largest absolute Gasteiger partial charge is 0.379 e. The Balaban J connectivity index is 2.19. The molecule has 0 bridgehead atoms. The van der Waals surface area contributed by atoms with Crippen LogP contribution in [0.25, 0.3) is 0 Å². The van der Waals surface area contributed by atoms with E-state index in [1.54, 1.807) is 0 Å². The van der Waals surface area contributed by atoms with E-state index in [4.69, 9.17) is 0 Å². The summed E-state index contributed by atoms with van der Waals surface area (Å²) in [5.74, 6) is -1.02. The van der Waals surface area contributed by atoms with Gasteiger partial charge in [-0.2, -0.15) is 5.26 Å². The number of aryl methyl sites for hydroxylation is 1. The summed E-state index contributed by atoms with van der Waals surface area (Å²) in [6.07, 6.45) is 4.80. The number of anilines is 1. The Bertz CT molecular complexity index is 494. The maximum absolute atomic E-state index is 13.8. The highest BCUT2D eigenvalue weighted by Gasteiger charge is 2.24. The molecular formula is C15H18F2N2. The second-order valence-corrected chi connectivity index (χ2v) is 5.21. The third kappa shape index (κ3) is 3.23. The third-order valence-electron chi connectivity index (χ3n) is 3.77. The van der Waals surface area contributed by atoms with Crippen LogP contribution in [-0.4, -0.2) is 6.04 Å². The van der Waals surface area contributed by atoms with Gasteiger partial charge < -0.3 is 5.32 Å². The van der Waals surface area contributed by atoms with E-state index in [2.05, 4.69) is 11.4 Å². The molecule has 2 atom stereocenters. The van der Waals surface area contributed by atoms with Gasteiger partial charge >= 0.3 is 0 Å². The zero-order valence-corrected chi connectivity index (χ0v) is 11.0. The topological polar surface area (TPSA) is 35.8 Å². The van der Waals surface area contributed by atoms with Crippen molar-refractivity contribution in [2.24, 2.45) is 5.92 Å². The Hall–Kier alpha value is -1.63. The molecule has 0 spiro atoms. The van der Waals surface area contributed by atoms with Gasteiger partial charge in [0.25, 0.3) is 0 Å². The molecule has 0 saturated heterocycles. The molecule has 1 aromatic carbocycles. The van der Waals surface area contributed by atoms with Crippen molar-refractivity contribution in [1.82, 2.24) is 0 Å². The minimum atomic E-state index is -0.458. The Labute approximate surface area is 112 Å². The average molecular weight is 264 g/mol. The van der Waals surface area contributed by atoms with Crippen molar-refractivity contribution in [3.63, 3.8) is 0 Å². The van der Waals surface area contributed by atoms with Crippen LogP contribution in [0, 0.1) is 35.8 Å². The predicted molar refractivity (Wildman–Crippen MR) is 70.7 cm³/mol.